The largest absolute Gasteiger partial charge is 0.464 e. The Balaban J connectivity index is 1.44. The molecule has 0 spiro atoms. The molecule has 2 aromatic heterocycles. The van der Waals surface area contributed by atoms with E-state index in [0.717, 1.165) is 38.6 Å². The Morgan fingerprint density at radius 2 is 1.85 bits per heavy atom. The van der Waals surface area contributed by atoms with Crippen molar-refractivity contribution in [2.45, 2.75) is 20.3 Å². The Labute approximate surface area is 155 Å². The number of hydrogen-bond acceptors (Lipinski definition) is 4. The summed E-state index contributed by atoms with van der Waals surface area (Å²) in [6.45, 7) is 3.75. The number of esters is 1. The quantitative estimate of drug-likeness (QED) is 0.420. The van der Waals surface area contributed by atoms with E-state index in [1.165, 1.54) is 0 Å². The lowest BCUT2D eigenvalue weighted by Crippen LogP contribution is -2.15. The minimum Gasteiger partial charge on any atom is -0.464 e. The summed E-state index contributed by atoms with van der Waals surface area (Å²) in [6, 6.07) is 11.5. The van der Waals surface area contributed by atoms with Crippen molar-refractivity contribution in [3.63, 3.8) is 0 Å². The Morgan fingerprint density at radius 1 is 1.07 bits per heavy atom. The number of aryl methyl sites for hydroxylation is 2. The third-order valence-electron chi connectivity index (χ3n) is 4.86. The number of carbonyl (C=O) groups is 2. The van der Waals surface area contributed by atoms with E-state index >= 15 is 0 Å². The number of hydrogen-bond donors (Lipinski definition) is 1. The molecule has 1 N–H and O–H groups in total. The van der Waals surface area contributed by atoms with E-state index in [-0.39, 0.29) is 18.8 Å². The summed E-state index contributed by atoms with van der Waals surface area (Å²) < 4.78 is 10.7. The maximum atomic E-state index is 12.4. The monoisotopic (exact) mass is 361 g/mol. The molecule has 0 amide bonds. The molecule has 136 valence electrons. The number of benzene rings is 2. The van der Waals surface area contributed by atoms with Crippen LogP contribution in [0.2, 0.25) is 0 Å². The van der Waals surface area contributed by atoms with E-state index in [0.29, 0.717) is 5.56 Å². The van der Waals surface area contributed by atoms with Crippen molar-refractivity contribution in [1.29, 1.82) is 0 Å². The number of ether oxygens (including phenoxy) is 1. The van der Waals surface area contributed by atoms with Gasteiger partial charge in [-0.1, -0.05) is 18.2 Å². The molecule has 2 heterocycles. The van der Waals surface area contributed by atoms with Gasteiger partial charge in [0.25, 0.3) is 0 Å². The van der Waals surface area contributed by atoms with Gasteiger partial charge < -0.3 is 14.1 Å². The maximum Gasteiger partial charge on any atom is 0.310 e. The highest BCUT2D eigenvalue weighted by molar-refractivity contribution is 6.08. The van der Waals surface area contributed by atoms with Crippen molar-refractivity contribution < 1.29 is 18.7 Å². The van der Waals surface area contributed by atoms with Gasteiger partial charge in [0.1, 0.15) is 5.58 Å². The van der Waals surface area contributed by atoms with Gasteiger partial charge in [-0.15, -0.1) is 0 Å². The van der Waals surface area contributed by atoms with Crippen molar-refractivity contribution in [1.82, 2.24) is 4.98 Å². The minimum absolute atomic E-state index is 0.0661. The lowest BCUT2D eigenvalue weighted by atomic mass is 10.0. The van der Waals surface area contributed by atoms with E-state index in [1.54, 1.807) is 12.5 Å². The van der Waals surface area contributed by atoms with E-state index in [2.05, 4.69) is 4.98 Å². The van der Waals surface area contributed by atoms with Crippen LogP contribution in [0, 0.1) is 13.8 Å². The molecule has 5 nitrogen and oxygen atoms in total. The highest BCUT2D eigenvalue weighted by Gasteiger charge is 2.16. The maximum absolute atomic E-state index is 12.4. The molecular formula is C22H19NO4. The zero-order chi connectivity index (χ0) is 19.0. The van der Waals surface area contributed by atoms with Gasteiger partial charge >= 0.3 is 5.97 Å². The third kappa shape index (κ3) is 3.24. The number of rotatable bonds is 5. The fourth-order valence-electron chi connectivity index (χ4n) is 3.21. The number of H-pyrrole nitrogens is 1. The zero-order valence-electron chi connectivity index (χ0n) is 15.2. The average Bonchev–Trinajstić information content (AvgIpc) is 3.25. The van der Waals surface area contributed by atoms with Crippen molar-refractivity contribution in [2.24, 2.45) is 0 Å². The average molecular weight is 361 g/mol. The van der Waals surface area contributed by atoms with Gasteiger partial charge in [0.15, 0.2) is 6.61 Å². The van der Waals surface area contributed by atoms with Crippen LogP contribution in [0.25, 0.3) is 21.9 Å². The van der Waals surface area contributed by atoms with Crippen LogP contribution in [0.3, 0.4) is 0 Å². The summed E-state index contributed by atoms with van der Waals surface area (Å²) in [5.74, 6) is -0.687. The summed E-state index contributed by atoms with van der Waals surface area (Å²) in [5.41, 5.74) is 5.18. The Bertz CT molecular complexity index is 1170. The van der Waals surface area contributed by atoms with Crippen molar-refractivity contribution in [2.75, 3.05) is 6.61 Å². The van der Waals surface area contributed by atoms with Crippen molar-refractivity contribution >= 4 is 33.6 Å². The first-order chi connectivity index (χ1) is 13.0. The van der Waals surface area contributed by atoms with E-state index in [9.17, 15) is 9.59 Å². The van der Waals surface area contributed by atoms with Crippen LogP contribution in [0.4, 0.5) is 0 Å². The number of para-hydroxylation sites is 1. The molecule has 0 saturated carbocycles. The number of Topliss-reactive ketones (excluding diaryl/α,β-unsaturated/α-hetero) is 1. The summed E-state index contributed by atoms with van der Waals surface area (Å²) in [7, 11) is 0. The van der Waals surface area contributed by atoms with Gasteiger partial charge in [-0.3, -0.25) is 9.59 Å². The molecule has 0 radical (unpaired) electrons. The second-order valence-electron chi connectivity index (χ2n) is 6.70. The van der Waals surface area contributed by atoms with E-state index < -0.39 is 5.97 Å². The molecule has 0 aliphatic carbocycles. The fourth-order valence-corrected chi connectivity index (χ4v) is 3.21. The number of furan rings is 1. The van der Waals surface area contributed by atoms with Gasteiger partial charge in [-0.05, 0) is 43.2 Å². The van der Waals surface area contributed by atoms with Gasteiger partial charge in [0, 0.05) is 33.6 Å². The molecule has 0 aliphatic heterocycles. The molecule has 4 aromatic rings. The van der Waals surface area contributed by atoms with Crippen molar-refractivity contribution in [3.05, 3.63) is 71.1 Å². The van der Waals surface area contributed by atoms with Gasteiger partial charge in [-0.25, -0.2) is 0 Å². The van der Waals surface area contributed by atoms with Crippen LogP contribution in [0.1, 0.15) is 27.0 Å². The zero-order valence-corrected chi connectivity index (χ0v) is 15.2. The first-order valence-electron chi connectivity index (χ1n) is 8.75. The minimum atomic E-state index is -0.455. The summed E-state index contributed by atoms with van der Waals surface area (Å²) in [6.07, 6.45) is 3.29. The van der Waals surface area contributed by atoms with Crippen LogP contribution in [-0.4, -0.2) is 23.3 Å². The number of nitrogens with one attached hydrogen (secondary N) is 1. The molecule has 0 aliphatic rings. The van der Waals surface area contributed by atoms with Gasteiger partial charge in [-0.2, -0.15) is 0 Å². The van der Waals surface area contributed by atoms with Gasteiger partial charge in [0.2, 0.25) is 5.78 Å². The highest BCUT2D eigenvalue weighted by Crippen LogP contribution is 2.25. The molecule has 2 aromatic carbocycles. The molecule has 4 rings (SSSR count). The summed E-state index contributed by atoms with van der Waals surface area (Å²) in [5, 5.41) is 1.73. The molecule has 0 bridgehead atoms. The smallest absolute Gasteiger partial charge is 0.310 e. The Hall–Kier alpha value is -3.34. The molecule has 5 heteroatoms. The normalized spacial score (nSPS) is 11.2. The number of aromatic nitrogens is 1. The highest BCUT2D eigenvalue weighted by atomic mass is 16.5. The van der Waals surface area contributed by atoms with Crippen LogP contribution >= 0.6 is 0 Å². The Kier molecular flexibility index (Phi) is 4.28. The van der Waals surface area contributed by atoms with Gasteiger partial charge in [0.05, 0.1) is 12.7 Å². The van der Waals surface area contributed by atoms with Crippen LogP contribution in [-0.2, 0) is 16.0 Å². The van der Waals surface area contributed by atoms with Crippen LogP contribution < -0.4 is 0 Å². The number of aromatic amines is 1. The molecule has 27 heavy (non-hydrogen) atoms. The second kappa shape index (κ2) is 6.76. The third-order valence-corrected chi connectivity index (χ3v) is 4.86. The van der Waals surface area contributed by atoms with Crippen LogP contribution in [0.5, 0.6) is 0 Å². The number of carbonyl (C=O) groups excluding carboxylic acids is 2. The van der Waals surface area contributed by atoms with Crippen LogP contribution in [0.15, 0.2) is 53.3 Å². The predicted molar refractivity (Wildman–Crippen MR) is 103 cm³/mol. The standard InChI is InChI=1S/C22H19NO4/c1-13-7-17-15(11-26-21(17)8-14(13)2)9-22(25)27-12-20(24)18-10-23-19-6-4-3-5-16(18)19/h3-8,10-11,23H,9,12H2,1-2H3. The Morgan fingerprint density at radius 3 is 2.70 bits per heavy atom. The lowest BCUT2D eigenvalue weighted by Gasteiger charge is -2.04. The topological polar surface area (TPSA) is 72.3 Å². The lowest BCUT2D eigenvalue weighted by molar-refractivity contribution is -0.141. The summed E-state index contributed by atoms with van der Waals surface area (Å²) in [4.78, 5) is 27.7. The first-order valence-corrected chi connectivity index (χ1v) is 8.75. The predicted octanol–water partition coefficient (Wildman–Crippen LogP) is 4.50. The molecular weight excluding hydrogens is 342 g/mol. The SMILES string of the molecule is Cc1cc2occ(CC(=O)OCC(=O)c3c[nH]c4ccccc34)c2cc1C. The first kappa shape index (κ1) is 17.1. The molecule has 0 saturated heterocycles. The fraction of sp³-hybridized carbons (Fsp3) is 0.182. The number of fused-ring (bicyclic) bond motifs is 2. The van der Waals surface area contributed by atoms with E-state index in [4.69, 9.17) is 9.15 Å². The molecule has 0 fully saturated rings. The van der Waals surface area contributed by atoms with Crippen molar-refractivity contribution in [3.8, 4) is 0 Å². The summed E-state index contributed by atoms with van der Waals surface area (Å²) >= 11 is 0. The molecule has 0 unspecified atom stereocenters. The second-order valence-corrected chi connectivity index (χ2v) is 6.70. The van der Waals surface area contributed by atoms with E-state index in [1.807, 2.05) is 50.2 Å². The molecule has 0 atom stereocenters. The number of ketones is 1.